The number of hydrogen-bond acceptors (Lipinski definition) is 4. The van der Waals surface area contributed by atoms with Crippen molar-refractivity contribution in [3.63, 3.8) is 0 Å². The first-order valence-electron chi connectivity index (χ1n) is 10.5. The smallest absolute Gasteiger partial charge is 0.229 e. The monoisotopic (exact) mass is 379 g/mol. The molecule has 2 amide bonds. The van der Waals surface area contributed by atoms with Gasteiger partial charge < -0.3 is 10.6 Å². The molecular weight excluding hydrogens is 342 g/mol. The van der Waals surface area contributed by atoms with Crippen molar-refractivity contribution in [1.82, 2.24) is 20.4 Å². The summed E-state index contributed by atoms with van der Waals surface area (Å²) in [6.45, 7) is 8.68. The molecule has 1 unspecified atom stereocenters. The van der Waals surface area contributed by atoms with E-state index in [0.29, 0.717) is 44.3 Å². The highest BCUT2D eigenvalue weighted by molar-refractivity contribution is 5.97. The van der Waals surface area contributed by atoms with Gasteiger partial charge in [0, 0.05) is 45.6 Å². The largest absolute Gasteiger partial charge is 0.355 e. The molecule has 2 rings (SSSR count). The Bertz CT molecular complexity index is 497. The van der Waals surface area contributed by atoms with Crippen LogP contribution in [0.15, 0.2) is 4.99 Å². The highest BCUT2D eigenvalue weighted by Gasteiger charge is 2.25. The molecule has 0 saturated carbocycles. The second kappa shape index (κ2) is 11.3. The van der Waals surface area contributed by atoms with Gasteiger partial charge in [-0.2, -0.15) is 0 Å². The van der Waals surface area contributed by atoms with Gasteiger partial charge in [0.05, 0.1) is 0 Å². The lowest BCUT2D eigenvalue weighted by molar-refractivity contribution is -0.147. The lowest BCUT2D eigenvalue weighted by atomic mass is 10.0. The average molecular weight is 380 g/mol. The highest BCUT2D eigenvalue weighted by atomic mass is 16.2. The molecule has 7 nitrogen and oxygen atoms in total. The second-order valence-corrected chi connectivity index (χ2v) is 7.93. The third-order valence-corrected chi connectivity index (χ3v) is 5.59. The topological polar surface area (TPSA) is 77.0 Å². The molecule has 0 spiro atoms. The predicted molar refractivity (Wildman–Crippen MR) is 109 cm³/mol. The van der Waals surface area contributed by atoms with Crippen LogP contribution in [0.2, 0.25) is 0 Å². The van der Waals surface area contributed by atoms with Crippen molar-refractivity contribution in [2.24, 2.45) is 10.9 Å². The van der Waals surface area contributed by atoms with E-state index in [4.69, 9.17) is 0 Å². The van der Waals surface area contributed by atoms with E-state index in [2.05, 4.69) is 34.4 Å². The van der Waals surface area contributed by atoms with Crippen molar-refractivity contribution in [3.05, 3.63) is 0 Å². The molecule has 0 aliphatic carbocycles. The van der Waals surface area contributed by atoms with Crippen molar-refractivity contribution in [1.29, 1.82) is 0 Å². The number of carbonyl (C=O) groups is 2. The maximum atomic E-state index is 11.9. The summed E-state index contributed by atoms with van der Waals surface area (Å²) in [5.41, 5.74) is 0. The summed E-state index contributed by atoms with van der Waals surface area (Å²) in [5.74, 6) is 1.18. The van der Waals surface area contributed by atoms with Gasteiger partial charge in [0.25, 0.3) is 0 Å². The number of nitrogens with one attached hydrogen (secondary N) is 2. The molecule has 2 fully saturated rings. The first kappa shape index (κ1) is 21.7. The molecule has 2 saturated heterocycles. The van der Waals surface area contributed by atoms with Crippen molar-refractivity contribution >= 4 is 17.8 Å². The standard InChI is InChI=1S/C20H37N5O2/c1-16(2)17(24-12-6-4-5-7-13-24)15-23-20(21-3)22-11-14-25-18(26)9-8-10-19(25)27/h16-17H,4-15H2,1-3H3,(H2,21,22,23). The van der Waals surface area contributed by atoms with E-state index in [-0.39, 0.29) is 11.8 Å². The number of aliphatic imine (C=N–C) groups is 1. The summed E-state index contributed by atoms with van der Waals surface area (Å²) >= 11 is 0. The zero-order chi connectivity index (χ0) is 19.6. The molecule has 0 aromatic rings. The Hall–Kier alpha value is -1.63. The fourth-order valence-electron chi connectivity index (χ4n) is 3.97. The molecule has 27 heavy (non-hydrogen) atoms. The number of hydrogen-bond donors (Lipinski definition) is 2. The van der Waals surface area contributed by atoms with E-state index in [1.807, 2.05) is 0 Å². The van der Waals surface area contributed by atoms with Crippen LogP contribution in [0.25, 0.3) is 0 Å². The second-order valence-electron chi connectivity index (χ2n) is 7.93. The quantitative estimate of drug-likeness (QED) is 0.399. The van der Waals surface area contributed by atoms with Crippen LogP contribution in [0, 0.1) is 5.92 Å². The van der Waals surface area contributed by atoms with Crippen molar-refractivity contribution in [2.45, 2.75) is 64.8 Å². The molecule has 2 aliphatic rings. The number of amides is 2. The lowest BCUT2D eigenvalue weighted by Crippen LogP contribution is -2.51. The van der Waals surface area contributed by atoms with Crippen LogP contribution in [-0.2, 0) is 9.59 Å². The van der Waals surface area contributed by atoms with E-state index in [1.165, 1.54) is 43.7 Å². The zero-order valence-corrected chi connectivity index (χ0v) is 17.3. The van der Waals surface area contributed by atoms with E-state index in [1.54, 1.807) is 7.05 Å². The fourth-order valence-corrected chi connectivity index (χ4v) is 3.97. The lowest BCUT2D eigenvalue weighted by Gasteiger charge is -2.34. The molecule has 0 aromatic heterocycles. The van der Waals surface area contributed by atoms with Gasteiger partial charge >= 0.3 is 0 Å². The van der Waals surface area contributed by atoms with Gasteiger partial charge in [-0.15, -0.1) is 0 Å². The van der Waals surface area contributed by atoms with Crippen LogP contribution in [0.5, 0.6) is 0 Å². The first-order chi connectivity index (χ1) is 13.0. The summed E-state index contributed by atoms with van der Waals surface area (Å²) in [7, 11) is 1.75. The van der Waals surface area contributed by atoms with Crippen molar-refractivity contribution in [2.75, 3.05) is 39.8 Å². The maximum Gasteiger partial charge on any atom is 0.229 e. The Morgan fingerprint density at radius 1 is 1.00 bits per heavy atom. The number of guanidine groups is 1. The Labute approximate surface area is 163 Å². The van der Waals surface area contributed by atoms with Gasteiger partial charge in [0.2, 0.25) is 11.8 Å². The molecule has 7 heteroatoms. The SMILES string of the molecule is CN=C(NCCN1C(=O)CCCC1=O)NCC(C(C)C)N1CCCCCC1. The number of nitrogens with zero attached hydrogens (tertiary/aromatic N) is 3. The average Bonchev–Trinajstić information content (AvgIpc) is 2.91. The van der Waals surface area contributed by atoms with Gasteiger partial charge in [-0.25, -0.2) is 0 Å². The third kappa shape index (κ3) is 6.79. The van der Waals surface area contributed by atoms with Gasteiger partial charge in [-0.3, -0.25) is 24.4 Å². The van der Waals surface area contributed by atoms with E-state index >= 15 is 0 Å². The van der Waals surface area contributed by atoms with Crippen LogP contribution >= 0.6 is 0 Å². The first-order valence-corrected chi connectivity index (χ1v) is 10.5. The van der Waals surface area contributed by atoms with Gasteiger partial charge in [-0.05, 0) is 38.3 Å². The molecule has 0 aromatic carbocycles. The predicted octanol–water partition coefficient (Wildman–Crippen LogP) is 1.59. The summed E-state index contributed by atoms with van der Waals surface area (Å²) in [6, 6.07) is 0.479. The Morgan fingerprint density at radius 2 is 1.63 bits per heavy atom. The summed E-state index contributed by atoms with van der Waals surface area (Å²) in [4.78, 5) is 32.0. The van der Waals surface area contributed by atoms with E-state index < -0.39 is 0 Å². The molecule has 2 heterocycles. The number of piperidine rings is 1. The summed E-state index contributed by atoms with van der Waals surface area (Å²) in [6.07, 6.45) is 6.88. The molecular formula is C20H37N5O2. The Morgan fingerprint density at radius 3 is 2.19 bits per heavy atom. The van der Waals surface area contributed by atoms with Crippen molar-refractivity contribution < 1.29 is 9.59 Å². The van der Waals surface area contributed by atoms with Gasteiger partial charge in [0.15, 0.2) is 5.96 Å². The number of rotatable bonds is 7. The van der Waals surface area contributed by atoms with Gasteiger partial charge in [0.1, 0.15) is 0 Å². The fraction of sp³-hybridized carbons (Fsp3) is 0.850. The Balaban J connectivity index is 1.79. The summed E-state index contributed by atoms with van der Waals surface area (Å²) in [5, 5.41) is 6.68. The van der Waals surface area contributed by atoms with E-state index in [0.717, 1.165) is 12.5 Å². The molecule has 0 bridgehead atoms. The number of likely N-dealkylation sites (tertiary alicyclic amines) is 2. The number of carbonyl (C=O) groups excluding carboxylic acids is 2. The van der Waals surface area contributed by atoms with Crippen LogP contribution < -0.4 is 10.6 Å². The van der Waals surface area contributed by atoms with Crippen LogP contribution in [0.4, 0.5) is 0 Å². The summed E-state index contributed by atoms with van der Waals surface area (Å²) < 4.78 is 0. The highest BCUT2D eigenvalue weighted by Crippen LogP contribution is 2.17. The van der Waals surface area contributed by atoms with Crippen LogP contribution in [0.1, 0.15) is 58.8 Å². The Kier molecular flexibility index (Phi) is 9.04. The molecule has 2 N–H and O–H groups in total. The third-order valence-electron chi connectivity index (χ3n) is 5.59. The minimum absolute atomic E-state index is 0.0583. The number of imide groups is 1. The molecule has 1 atom stereocenters. The maximum absolute atomic E-state index is 11.9. The van der Waals surface area contributed by atoms with Crippen molar-refractivity contribution in [3.8, 4) is 0 Å². The zero-order valence-electron chi connectivity index (χ0n) is 17.3. The van der Waals surface area contributed by atoms with Gasteiger partial charge in [-0.1, -0.05) is 26.7 Å². The molecule has 154 valence electrons. The molecule has 2 aliphatic heterocycles. The van der Waals surface area contributed by atoms with Crippen LogP contribution in [0.3, 0.4) is 0 Å². The minimum Gasteiger partial charge on any atom is -0.355 e. The minimum atomic E-state index is -0.0583. The van der Waals surface area contributed by atoms with Crippen LogP contribution in [-0.4, -0.2) is 73.4 Å². The molecule has 0 radical (unpaired) electrons. The van der Waals surface area contributed by atoms with E-state index in [9.17, 15) is 9.59 Å². The normalized spacial score (nSPS) is 21.3.